The van der Waals surface area contributed by atoms with Crippen LogP contribution in [0.15, 0.2) is 180 Å². The number of fused-ring (bicyclic) bond motifs is 9. The molecule has 0 aliphatic heterocycles. The van der Waals surface area contributed by atoms with Crippen molar-refractivity contribution in [1.82, 2.24) is 14.5 Å². The molecule has 0 fully saturated rings. The Balaban J connectivity index is 1.10. The zero-order valence-corrected chi connectivity index (χ0v) is 28.0. The van der Waals surface area contributed by atoms with Gasteiger partial charge in [0.05, 0.1) is 22.2 Å². The van der Waals surface area contributed by atoms with Crippen LogP contribution in [0.3, 0.4) is 0 Å². The Hall–Kier alpha value is -7.04. The van der Waals surface area contributed by atoms with Gasteiger partial charge in [0.2, 0.25) is 0 Å². The molecule has 52 heavy (non-hydrogen) atoms. The van der Waals surface area contributed by atoms with E-state index in [1.54, 1.807) is 0 Å². The third-order valence-electron chi connectivity index (χ3n) is 10.4. The Morgan fingerprint density at radius 3 is 2.06 bits per heavy atom. The van der Waals surface area contributed by atoms with Gasteiger partial charge < -0.3 is 8.98 Å². The third-order valence-corrected chi connectivity index (χ3v) is 10.4. The van der Waals surface area contributed by atoms with Gasteiger partial charge in [-0.1, -0.05) is 133 Å². The van der Waals surface area contributed by atoms with Crippen molar-refractivity contribution in [3.8, 4) is 39.5 Å². The van der Waals surface area contributed by atoms with E-state index in [2.05, 4.69) is 156 Å². The molecule has 0 unspecified atom stereocenters. The molecule has 11 aromatic rings. The minimum atomic E-state index is 0.714. The van der Waals surface area contributed by atoms with Crippen LogP contribution >= 0.6 is 0 Å². The van der Waals surface area contributed by atoms with E-state index in [1.807, 2.05) is 24.3 Å². The van der Waals surface area contributed by atoms with Gasteiger partial charge in [0.25, 0.3) is 0 Å². The van der Waals surface area contributed by atoms with Gasteiger partial charge in [0.1, 0.15) is 11.2 Å². The van der Waals surface area contributed by atoms with Crippen LogP contribution < -0.4 is 0 Å². The molecule has 0 radical (unpaired) electrons. The average molecular weight is 664 g/mol. The van der Waals surface area contributed by atoms with E-state index in [4.69, 9.17) is 14.4 Å². The molecule has 4 heteroatoms. The fourth-order valence-corrected chi connectivity index (χ4v) is 8.00. The second-order valence-corrected chi connectivity index (χ2v) is 13.4. The summed E-state index contributed by atoms with van der Waals surface area (Å²) in [6.45, 7) is 0. The summed E-state index contributed by atoms with van der Waals surface area (Å²) in [6.07, 6.45) is 0. The summed E-state index contributed by atoms with van der Waals surface area (Å²) >= 11 is 0. The summed E-state index contributed by atoms with van der Waals surface area (Å²) in [6, 6.07) is 61.9. The lowest BCUT2D eigenvalue weighted by Crippen LogP contribution is -1.95. The van der Waals surface area contributed by atoms with Crippen LogP contribution in [0.4, 0.5) is 0 Å². The number of para-hydroxylation sites is 2. The van der Waals surface area contributed by atoms with Gasteiger partial charge in [0, 0.05) is 49.3 Å². The fraction of sp³-hybridized carbons (Fsp3) is 0. The molecule has 0 saturated carbocycles. The Bertz CT molecular complexity index is 3180. The smallest absolute Gasteiger partial charge is 0.160 e. The summed E-state index contributed by atoms with van der Waals surface area (Å²) in [5, 5.41) is 8.20. The Morgan fingerprint density at radius 1 is 0.442 bits per heavy atom. The molecule has 0 N–H and O–H groups in total. The number of furan rings is 1. The summed E-state index contributed by atoms with van der Waals surface area (Å²) in [5.74, 6) is 0.714. The lowest BCUT2D eigenvalue weighted by molar-refractivity contribution is 0.670. The van der Waals surface area contributed by atoms with Crippen LogP contribution in [0.2, 0.25) is 0 Å². The van der Waals surface area contributed by atoms with Crippen molar-refractivity contribution in [3.63, 3.8) is 0 Å². The highest BCUT2D eigenvalue weighted by Crippen LogP contribution is 2.41. The highest BCUT2D eigenvalue weighted by molar-refractivity contribution is 6.21. The first kappa shape index (κ1) is 28.8. The molecule has 0 aliphatic carbocycles. The van der Waals surface area contributed by atoms with Gasteiger partial charge >= 0.3 is 0 Å². The Kier molecular flexibility index (Phi) is 6.22. The third kappa shape index (κ3) is 4.34. The van der Waals surface area contributed by atoms with E-state index in [1.165, 1.54) is 32.6 Å². The van der Waals surface area contributed by atoms with E-state index in [0.29, 0.717) is 5.82 Å². The Morgan fingerprint density at radius 2 is 1.19 bits per heavy atom. The number of nitrogens with zero attached hydrogens (tertiary/aromatic N) is 3. The topological polar surface area (TPSA) is 43.9 Å². The first-order valence-corrected chi connectivity index (χ1v) is 17.6. The molecule has 3 heterocycles. The van der Waals surface area contributed by atoms with Crippen LogP contribution in [-0.4, -0.2) is 14.5 Å². The number of aromatic nitrogens is 3. The van der Waals surface area contributed by atoms with Crippen molar-refractivity contribution in [1.29, 1.82) is 0 Å². The SMILES string of the molecule is c1ccc(-c2nc(-c3ccccc3)c3cc(-c4cccc5c4oc4ccc(-n6c7ccccc7c7c8ccccc8ccc76)cc45)ccc3n2)cc1. The molecule has 4 nitrogen and oxygen atoms in total. The maximum atomic E-state index is 6.71. The molecule has 0 bridgehead atoms. The lowest BCUT2D eigenvalue weighted by atomic mass is 9.98. The van der Waals surface area contributed by atoms with Crippen molar-refractivity contribution in [2.75, 3.05) is 0 Å². The van der Waals surface area contributed by atoms with Gasteiger partial charge in [-0.15, -0.1) is 0 Å². The maximum Gasteiger partial charge on any atom is 0.160 e. The summed E-state index contributed by atoms with van der Waals surface area (Å²) < 4.78 is 9.09. The van der Waals surface area contributed by atoms with E-state index >= 15 is 0 Å². The second kappa shape index (κ2) is 11.2. The molecular formula is C48H29N3O. The molecule has 0 atom stereocenters. The summed E-state index contributed by atoms with van der Waals surface area (Å²) in [7, 11) is 0. The van der Waals surface area contributed by atoms with Crippen LogP contribution in [0, 0.1) is 0 Å². The predicted octanol–water partition coefficient (Wildman–Crippen LogP) is 12.8. The van der Waals surface area contributed by atoms with Crippen molar-refractivity contribution < 1.29 is 4.42 Å². The lowest BCUT2D eigenvalue weighted by Gasteiger charge is -2.11. The minimum absolute atomic E-state index is 0.714. The van der Waals surface area contributed by atoms with Gasteiger partial charge in [-0.05, 0) is 58.8 Å². The van der Waals surface area contributed by atoms with Gasteiger partial charge in [-0.2, -0.15) is 0 Å². The maximum absolute atomic E-state index is 6.71. The van der Waals surface area contributed by atoms with E-state index < -0.39 is 0 Å². The number of hydrogen-bond acceptors (Lipinski definition) is 3. The summed E-state index contributed by atoms with van der Waals surface area (Å²) in [5.41, 5.74) is 11.1. The van der Waals surface area contributed by atoms with E-state index in [-0.39, 0.29) is 0 Å². The van der Waals surface area contributed by atoms with Crippen molar-refractivity contribution >= 4 is 65.4 Å². The van der Waals surface area contributed by atoms with E-state index in [9.17, 15) is 0 Å². The van der Waals surface area contributed by atoms with Crippen molar-refractivity contribution in [2.24, 2.45) is 0 Å². The molecule has 0 saturated heterocycles. The standard InChI is InChI=1S/C48H29N3O/c1-3-13-31(14-4-1)46-40-28-33(22-25-41(40)49-48(50-46)32-15-5-2-6-16-32)36-19-11-20-37-39-29-34(24-27-44(39)52-47(36)37)51-42-21-10-9-18-38(42)45-35-17-8-7-12-30(35)23-26-43(45)51/h1-29H. The van der Waals surface area contributed by atoms with Gasteiger partial charge in [-0.3, -0.25) is 0 Å². The van der Waals surface area contributed by atoms with Crippen LogP contribution in [0.5, 0.6) is 0 Å². The second-order valence-electron chi connectivity index (χ2n) is 13.4. The monoisotopic (exact) mass is 663 g/mol. The highest BCUT2D eigenvalue weighted by Gasteiger charge is 2.19. The fourth-order valence-electron chi connectivity index (χ4n) is 8.00. The highest BCUT2D eigenvalue weighted by atomic mass is 16.3. The molecule has 0 spiro atoms. The molecule has 0 amide bonds. The zero-order chi connectivity index (χ0) is 34.2. The average Bonchev–Trinajstić information content (AvgIpc) is 3.76. The quantitative estimate of drug-likeness (QED) is 0.188. The van der Waals surface area contributed by atoms with E-state index in [0.717, 1.165) is 66.5 Å². The Labute approximate surface area is 298 Å². The largest absolute Gasteiger partial charge is 0.455 e. The van der Waals surface area contributed by atoms with Gasteiger partial charge in [0.15, 0.2) is 5.82 Å². The molecule has 3 aromatic heterocycles. The number of hydrogen-bond donors (Lipinski definition) is 0. The minimum Gasteiger partial charge on any atom is -0.455 e. The van der Waals surface area contributed by atoms with Crippen LogP contribution in [0.25, 0.3) is 105 Å². The first-order valence-electron chi connectivity index (χ1n) is 17.6. The molecule has 0 aliphatic rings. The summed E-state index contributed by atoms with van der Waals surface area (Å²) in [4.78, 5) is 10.2. The number of benzene rings is 8. The first-order chi connectivity index (χ1) is 25.8. The number of rotatable bonds is 4. The zero-order valence-electron chi connectivity index (χ0n) is 28.0. The predicted molar refractivity (Wildman–Crippen MR) is 215 cm³/mol. The van der Waals surface area contributed by atoms with Crippen LogP contribution in [0.1, 0.15) is 0 Å². The molecule has 8 aromatic carbocycles. The molecular weight excluding hydrogens is 635 g/mol. The normalized spacial score (nSPS) is 11.8. The molecule has 242 valence electrons. The van der Waals surface area contributed by atoms with Crippen LogP contribution in [-0.2, 0) is 0 Å². The van der Waals surface area contributed by atoms with Gasteiger partial charge in [-0.25, -0.2) is 9.97 Å². The van der Waals surface area contributed by atoms with Crippen molar-refractivity contribution in [2.45, 2.75) is 0 Å². The van der Waals surface area contributed by atoms with Crippen molar-refractivity contribution in [3.05, 3.63) is 176 Å². The molecule has 11 rings (SSSR count).